The molecule has 1 aromatic carbocycles. The third-order valence-electron chi connectivity index (χ3n) is 4.75. The zero-order valence-corrected chi connectivity index (χ0v) is 16.0. The Hall–Kier alpha value is -1.30. The summed E-state index contributed by atoms with van der Waals surface area (Å²) in [5, 5.41) is 6.24. The molecule has 1 saturated carbocycles. The summed E-state index contributed by atoms with van der Waals surface area (Å²) < 4.78 is 5.20. The first-order valence-electron chi connectivity index (χ1n) is 8.49. The fourth-order valence-corrected chi connectivity index (χ4v) is 3.40. The van der Waals surface area contributed by atoms with Gasteiger partial charge in [0.2, 0.25) is 11.8 Å². The van der Waals surface area contributed by atoms with E-state index in [1.807, 2.05) is 0 Å². The Morgan fingerprint density at radius 3 is 2.64 bits per heavy atom. The van der Waals surface area contributed by atoms with Crippen molar-refractivity contribution in [1.29, 1.82) is 0 Å². The highest BCUT2D eigenvalue weighted by Gasteiger charge is 2.28. The van der Waals surface area contributed by atoms with E-state index in [0.717, 1.165) is 12.8 Å². The van der Waals surface area contributed by atoms with Gasteiger partial charge in [-0.05, 0) is 30.4 Å². The van der Waals surface area contributed by atoms with Crippen molar-refractivity contribution in [3.63, 3.8) is 0 Å². The van der Waals surface area contributed by atoms with Crippen molar-refractivity contribution in [2.24, 2.45) is 11.8 Å². The van der Waals surface area contributed by atoms with Crippen LogP contribution >= 0.6 is 23.2 Å². The van der Waals surface area contributed by atoms with E-state index in [1.165, 1.54) is 6.42 Å². The van der Waals surface area contributed by atoms with E-state index in [2.05, 4.69) is 24.5 Å². The summed E-state index contributed by atoms with van der Waals surface area (Å²) in [5.41, 5.74) is 0.414. The Labute approximate surface area is 158 Å². The largest absolute Gasteiger partial charge is 0.362 e. The predicted molar refractivity (Wildman–Crippen MR) is 100 cm³/mol. The molecule has 0 aliphatic heterocycles. The molecule has 7 heteroatoms. The second-order valence-electron chi connectivity index (χ2n) is 6.58. The second kappa shape index (κ2) is 9.41. The third-order valence-corrected chi connectivity index (χ3v) is 5.56. The van der Waals surface area contributed by atoms with Crippen LogP contribution in [0, 0.1) is 11.8 Å². The Morgan fingerprint density at radius 1 is 1.16 bits per heavy atom. The number of amides is 2. The maximum atomic E-state index is 12.0. The molecular formula is C18H24Cl2N2O3. The molecule has 138 valence electrons. The molecule has 3 atom stereocenters. The Balaban J connectivity index is 1.72. The molecule has 1 fully saturated rings. The molecule has 2 rings (SSSR count). The molecule has 5 nitrogen and oxygen atoms in total. The molecule has 25 heavy (non-hydrogen) atoms. The molecule has 0 saturated heterocycles. The highest BCUT2D eigenvalue weighted by atomic mass is 35.5. The van der Waals surface area contributed by atoms with Crippen LogP contribution in [0.3, 0.4) is 0 Å². The fraction of sp³-hybridized carbons (Fsp3) is 0.556. The molecular weight excluding hydrogens is 363 g/mol. The van der Waals surface area contributed by atoms with Gasteiger partial charge in [0.05, 0.1) is 15.7 Å². The lowest BCUT2D eigenvalue weighted by molar-refractivity contribution is -0.129. The second-order valence-corrected chi connectivity index (χ2v) is 7.37. The molecule has 0 aromatic heterocycles. The molecule has 1 aromatic rings. The smallest absolute Gasteiger partial charge is 0.250 e. The summed E-state index contributed by atoms with van der Waals surface area (Å²) in [6, 6.07) is 5.14. The number of rotatable bonds is 6. The van der Waals surface area contributed by atoms with Crippen molar-refractivity contribution in [3.8, 4) is 0 Å². The highest BCUT2D eigenvalue weighted by molar-refractivity contribution is 6.43. The number of hydrogen-bond donors (Lipinski definition) is 2. The van der Waals surface area contributed by atoms with Gasteiger partial charge in [0.15, 0.2) is 0 Å². The third kappa shape index (κ3) is 5.87. The van der Waals surface area contributed by atoms with Crippen molar-refractivity contribution in [2.45, 2.75) is 39.2 Å². The Kier molecular flexibility index (Phi) is 7.54. The predicted octanol–water partition coefficient (Wildman–Crippen LogP) is 3.89. The van der Waals surface area contributed by atoms with Crippen molar-refractivity contribution in [2.75, 3.05) is 18.5 Å². The molecule has 0 spiro atoms. The maximum Gasteiger partial charge on any atom is 0.250 e. The van der Waals surface area contributed by atoms with Gasteiger partial charge in [-0.15, -0.1) is 0 Å². The van der Waals surface area contributed by atoms with Gasteiger partial charge in [-0.25, -0.2) is 0 Å². The summed E-state index contributed by atoms with van der Waals surface area (Å²) >= 11 is 11.9. The van der Waals surface area contributed by atoms with Gasteiger partial charge in [0, 0.05) is 6.04 Å². The first-order chi connectivity index (χ1) is 11.9. The first kappa shape index (κ1) is 20.0. The maximum absolute atomic E-state index is 12.0. The van der Waals surface area contributed by atoms with E-state index in [0.29, 0.717) is 22.5 Å². The molecule has 1 aliphatic rings. The quantitative estimate of drug-likeness (QED) is 0.778. The number of carbonyl (C=O) groups is 2. The van der Waals surface area contributed by atoms with Gasteiger partial charge in [-0.3, -0.25) is 9.59 Å². The Bertz CT molecular complexity index is 624. The summed E-state index contributed by atoms with van der Waals surface area (Å²) in [4.78, 5) is 23.9. The van der Waals surface area contributed by atoms with E-state index in [4.69, 9.17) is 27.9 Å². The van der Waals surface area contributed by atoms with Crippen LogP contribution in [0.1, 0.15) is 33.1 Å². The zero-order valence-electron chi connectivity index (χ0n) is 14.5. The monoisotopic (exact) mass is 386 g/mol. The number of ether oxygens (including phenoxy) is 1. The van der Waals surface area contributed by atoms with Crippen LogP contribution in [-0.4, -0.2) is 31.1 Å². The summed E-state index contributed by atoms with van der Waals surface area (Å²) in [6.07, 6.45) is 3.32. The summed E-state index contributed by atoms with van der Waals surface area (Å²) in [6.45, 7) is 4.00. The minimum absolute atomic E-state index is 0.145. The number of carbonyl (C=O) groups excluding carboxylic acids is 2. The lowest BCUT2D eigenvalue weighted by Crippen LogP contribution is -2.45. The van der Waals surface area contributed by atoms with Crippen LogP contribution in [0.5, 0.6) is 0 Å². The minimum atomic E-state index is -0.392. The number of anilines is 1. The van der Waals surface area contributed by atoms with Crippen molar-refractivity contribution in [3.05, 3.63) is 28.2 Å². The van der Waals surface area contributed by atoms with Gasteiger partial charge in [-0.1, -0.05) is 56.0 Å². The van der Waals surface area contributed by atoms with Crippen LogP contribution in [0.2, 0.25) is 10.0 Å². The van der Waals surface area contributed by atoms with Crippen LogP contribution < -0.4 is 10.6 Å². The SMILES string of the molecule is C[C@@H]1[C@H](C)CCC[C@@H]1NC(=O)COCC(=O)Nc1cccc(Cl)c1Cl. The highest BCUT2D eigenvalue weighted by Crippen LogP contribution is 2.30. The standard InChI is InChI=1S/C18H24Cl2N2O3/c1-11-5-3-7-14(12(11)2)21-16(23)9-25-10-17(24)22-15-8-4-6-13(19)18(15)20/h4,6,8,11-12,14H,3,5,7,9-10H2,1-2H3,(H,21,23)(H,22,24)/t11-,12-,14+/m1/s1. The molecule has 0 bridgehead atoms. The van der Waals surface area contributed by atoms with E-state index < -0.39 is 5.91 Å². The van der Waals surface area contributed by atoms with Gasteiger partial charge in [0.1, 0.15) is 13.2 Å². The van der Waals surface area contributed by atoms with E-state index in [-0.39, 0.29) is 30.2 Å². The number of benzene rings is 1. The number of halogens is 2. The summed E-state index contributed by atoms with van der Waals surface area (Å²) in [7, 11) is 0. The minimum Gasteiger partial charge on any atom is -0.362 e. The van der Waals surface area contributed by atoms with Gasteiger partial charge in [-0.2, -0.15) is 0 Å². The van der Waals surface area contributed by atoms with Crippen molar-refractivity contribution >= 4 is 40.7 Å². The average molecular weight is 387 g/mol. The van der Waals surface area contributed by atoms with Crippen LogP contribution in [0.15, 0.2) is 18.2 Å². The van der Waals surface area contributed by atoms with E-state index in [9.17, 15) is 9.59 Å². The molecule has 0 radical (unpaired) electrons. The van der Waals surface area contributed by atoms with E-state index in [1.54, 1.807) is 18.2 Å². The van der Waals surface area contributed by atoms with Crippen LogP contribution in [0.25, 0.3) is 0 Å². The van der Waals surface area contributed by atoms with Crippen molar-refractivity contribution in [1.82, 2.24) is 5.32 Å². The zero-order chi connectivity index (χ0) is 18.4. The normalized spacial score (nSPS) is 23.1. The number of hydrogen-bond acceptors (Lipinski definition) is 3. The fourth-order valence-electron chi connectivity index (χ4n) is 3.06. The average Bonchev–Trinajstić information content (AvgIpc) is 2.56. The molecule has 1 aliphatic carbocycles. The van der Waals surface area contributed by atoms with Gasteiger partial charge in [0.25, 0.3) is 0 Å². The van der Waals surface area contributed by atoms with Crippen molar-refractivity contribution < 1.29 is 14.3 Å². The van der Waals surface area contributed by atoms with Crippen LogP contribution in [0.4, 0.5) is 5.69 Å². The van der Waals surface area contributed by atoms with Crippen LogP contribution in [-0.2, 0) is 14.3 Å². The first-order valence-corrected chi connectivity index (χ1v) is 9.25. The Morgan fingerprint density at radius 2 is 1.88 bits per heavy atom. The molecule has 0 heterocycles. The molecule has 2 amide bonds. The molecule has 0 unspecified atom stereocenters. The van der Waals surface area contributed by atoms with Gasteiger partial charge >= 0.3 is 0 Å². The lowest BCUT2D eigenvalue weighted by atomic mass is 9.78. The lowest BCUT2D eigenvalue weighted by Gasteiger charge is -2.34. The number of nitrogens with one attached hydrogen (secondary N) is 2. The van der Waals surface area contributed by atoms with Gasteiger partial charge < -0.3 is 15.4 Å². The summed E-state index contributed by atoms with van der Waals surface area (Å²) in [5.74, 6) is 0.468. The van der Waals surface area contributed by atoms with E-state index >= 15 is 0 Å². The topological polar surface area (TPSA) is 67.4 Å². The molecule has 2 N–H and O–H groups in total.